The normalized spacial score (nSPS) is 16.4. The number of hydrogen-bond acceptors (Lipinski definition) is 4. The van der Waals surface area contributed by atoms with Crippen LogP contribution in [0.2, 0.25) is 5.15 Å². The molecule has 1 aliphatic heterocycles. The third-order valence-corrected chi connectivity index (χ3v) is 3.36. The first-order valence-electron chi connectivity index (χ1n) is 5.74. The van der Waals surface area contributed by atoms with Gasteiger partial charge in [-0.3, -0.25) is 4.57 Å². The molecule has 2 aromatic heterocycles. The molecular formula is C11H13ClN4O2. The summed E-state index contributed by atoms with van der Waals surface area (Å²) in [5.41, 5.74) is 1.47. The van der Waals surface area contributed by atoms with Gasteiger partial charge in [0, 0.05) is 13.1 Å². The van der Waals surface area contributed by atoms with Crippen molar-refractivity contribution in [2.45, 2.75) is 0 Å². The van der Waals surface area contributed by atoms with Crippen molar-refractivity contribution in [1.82, 2.24) is 14.2 Å². The number of imidazole rings is 1. The van der Waals surface area contributed by atoms with Gasteiger partial charge in [-0.25, -0.2) is 14.5 Å². The van der Waals surface area contributed by atoms with Crippen molar-refractivity contribution in [2.24, 2.45) is 7.05 Å². The molecule has 0 N–H and O–H groups in total. The summed E-state index contributed by atoms with van der Waals surface area (Å²) in [4.78, 5) is 16.3. The van der Waals surface area contributed by atoms with Gasteiger partial charge in [0.15, 0.2) is 0 Å². The van der Waals surface area contributed by atoms with Crippen LogP contribution in [0.5, 0.6) is 0 Å². The molecule has 0 unspecified atom stereocenters. The topological polar surface area (TPSA) is 52.3 Å². The van der Waals surface area contributed by atoms with Crippen LogP contribution in [0.25, 0.3) is 11.0 Å². The van der Waals surface area contributed by atoms with Crippen LogP contribution in [0, 0.1) is 0 Å². The number of pyridine rings is 1. The molecule has 0 aliphatic carbocycles. The van der Waals surface area contributed by atoms with E-state index in [0.29, 0.717) is 31.5 Å². The van der Waals surface area contributed by atoms with Gasteiger partial charge in [0.1, 0.15) is 5.15 Å². The molecule has 0 aromatic carbocycles. The van der Waals surface area contributed by atoms with Crippen LogP contribution in [0.3, 0.4) is 0 Å². The molecule has 1 saturated heterocycles. The summed E-state index contributed by atoms with van der Waals surface area (Å²) in [6.07, 6.45) is 1.62. The number of fused-ring (bicyclic) bond motifs is 1. The van der Waals surface area contributed by atoms with Gasteiger partial charge in [0.2, 0.25) is 0 Å². The lowest BCUT2D eigenvalue weighted by molar-refractivity contribution is 0.111. The van der Waals surface area contributed by atoms with Crippen LogP contribution < -0.4 is 10.7 Å². The van der Waals surface area contributed by atoms with Gasteiger partial charge in [-0.2, -0.15) is 0 Å². The van der Waals surface area contributed by atoms with Gasteiger partial charge in [-0.1, -0.05) is 11.6 Å². The molecule has 0 bridgehead atoms. The van der Waals surface area contributed by atoms with Crippen molar-refractivity contribution in [1.29, 1.82) is 0 Å². The van der Waals surface area contributed by atoms with Crippen molar-refractivity contribution in [3.8, 4) is 0 Å². The molecule has 7 heteroatoms. The molecule has 0 atom stereocenters. The zero-order chi connectivity index (χ0) is 12.7. The average Bonchev–Trinajstić information content (AvgIpc) is 2.63. The fourth-order valence-electron chi connectivity index (χ4n) is 2.22. The van der Waals surface area contributed by atoms with Gasteiger partial charge in [-0.15, -0.1) is 0 Å². The zero-order valence-electron chi connectivity index (χ0n) is 9.97. The van der Waals surface area contributed by atoms with Crippen LogP contribution in [-0.2, 0) is 11.8 Å². The van der Waals surface area contributed by atoms with E-state index in [2.05, 4.69) is 4.98 Å². The molecule has 18 heavy (non-hydrogen) atoms. The molecule has 3 rings (SSSR count). The Bertz CT molecular complexity index is 642. The van der Waals surface area contributed by atoms with Crippen molar-refractivity contribution < 1.29 is 4.74 Å². The highest BCUT2D eigenvalue weighted by molar-refractivity contribution is 6.29. The van der Waals surface area contributed by atoms with E-state index in [1.165, 1.54) is 0 Å². The predicted molar refractivity (Wildman–Crippen MR) is 68.8 cm³/mol. The van der Waals surface area contributed by atoms with Crippen LogP contribution in [-0.4, -0.2) is 40.5 Å². The van der Waals surface area contributed by atoms with E-state index in [1.54, 1.807) is 28.6 Å². The molecule has 1 aliphatic rings. The lowest BCUT2D eigenvalue weighted by atomic mass is 10.4. The van der Waals surface area contributed by atoms with Crippen molar-refractivity contribution in [3.63, 3.8) is 0 Å². The molecule has 0 saturated carbocycles. The maximum absolute atomic E-state index is 12.3. The van der Waals surface area contributed by atoms with E-state index >= 15 is 0 Å². The fraction of sp³-hybridized carbons (Fsp3) is 0.455. The van der Waals surface area contributed by atoms with E-state index in [0.717, 1.165) is 11.0 Å². The zero-order valence-corrected chi connectivity index (χ0v) is 10.7. The number of aromatic nitrogens is 3. The number of halogens is 1. The first kappa shape index (κ1) is 11.6. The maximum Gasteiger partial charge on any atom is 0.347 e. The van der Waals surface area contributed by atoms with Gasteiger partial charge < -0.3 is 9.75 Å². The molecule has 2 aromatic rings. The number of morpholine rings is 1. The third-order valence-electron chi connectivity index (χ3n) is 3.16. The van der Waals surface area contributed by atoms with Crippen LogP contribution >= 0.6 is 11.6 Å². The highest BCUT2D eigenvalue weighted by atomic mass is 35.5. The molecule has 96 valence electrons. The predicted octanol–water partition coefficient (Wildman–Crippen LogP) is 0.357. The minimum Gasteiger partial charge on any atom is -0.378 e. The maximum atomic E-state index is 12.3. The minimum atomic E-state index is -0.0871. The summed E-state index contributed by atoms with van der Waals surface area (Å²) < 4.78 is 8.54. The first-order chi connectivity index (χ1) is 8.68. The van der Waals surface area contributed by atoms with Crippen molar-refractivity contribution in [3.05, 3.63) is 27.9 Å². The minimum absolute atomic E-state index is 0.0871. The Morgan fingerprint density at radius 1 is 1.33 bits per heavy atom. The molecule has 6 nitrogen and oxygen atoms in total. The summed E-state index contributed by atoms with van der Waals surface area (Å²) in [6.45, 7) is 2.64. The van der Waals surface area contributed by atoms with Gasteiger partial charge in [-0.05, 0) is 0 Å². The lowest BCUT2D eigenvalue weighted by Crippen LogP contribution is -2.48. The summed E-state index contributed by atoms with van der Waals surface area (Å²) in [7, 11) is 1.73. The van der Waals surface area contributed by atoms with Gasteiger partial charge >= 0.3 is 5.69 Å². The first-order valence-corrected chi connectivity index (χ1v) is 6.12. The van der Waals surface area contributed by atoms with Crippen molar-refractivity contribution in [2.75, 3.05) is 31.3 Å². The Hall–Kier alpha value is -1.53. The fourth-order valence-corrected chi connectivity index (χ4v) is 2.37. The van der Waals surface area contributed by atoms with E-state index in [4.69, 9.17) is 16.3 Å². The second-order valence-electron chi connectivity index (χ2n) is 4.22. The molecular weight excluding hydrogens is 256 g/mol. The standard InChI is InChI=1S/C11H13ClN4O2/c1-14-9-7-13-10(12)6-8(9)16(11(14)17)15-2-4-18-5-3-15/h6-7H,2-5H2,1H3. The smallest absolute Gasteiger partial charge is 0.347 e. The second-order valence-corrected chi connectivity index (χ2v) is 4.60. The highest BCUT2D eigenvalue weighted by Gasteiger charge is 2.18. The Balaban J connectivity index is 2.23. The SMILES string of the molecule is Cn1c(=O)n(N2CCOCC2)c2cc(Cl)ncc21. The Labute approximate surface area is 108 Å². The van der Waals surface area contributed by atoms with E-state index in [9.17, 15) is 4.79 Å². The van der Waals surface area contributed by atoms with E-state index < -0.39 is 0 Å². The number of ether oxygens (including phenoxy) is 1. The molecule has 0 spiro atoms. The number of aryl methyl sites for hydroxylation is 1. The van der Waals surface area contributed by atoms with Gasteiger partial charge in [0.25, 0.3) is 0 Å². The quantitative estimate of drug-likeness (QED) is 0.701. The lowest BCUT2D eigenvalue weighted by Gasteiger charge is -2.29. The average molecular weight is 269 g/mol. The number of rotatable bonds is 1. The molecule has 3 heterocycles. The monoisotopic (exact) mass is 268 g/mol. The molecule has 0 amide bonds. The van der Waals surface area contributed by atoms with Crippen LogP contribution in [0.4, 0.5) is 0 Å². The molecule has 1 fully saturated rings. The van der Waals surface area contributed by atoms with E-state index in [-0.39, 0.29) is 5.69 Å². The summed E-state index contributed by atoms with van der Waals surface area (Å²) in [6, 6.07) is 1.72. The largest absolute Gasteiger partial charge is 0.378 e. The summed E-state index contributed by atoms with van der Waals surface area (Å²) in [5, 5.41) is 2.36. The number of hydrogen-bond donors (Lipinski definition) is 0. The Morgan fingerprint density at radius 3 is 2.78 bits per heavy atom. The third kappa shape index (κ3) is 1.69. The van der Waals surface area contributed by atoms with Crippen molar-refractivity contribution >= 4 is 22.6 Å². The second kappa shape index (κ2) is 4.29. The highest BCUT2D eigenvalue weighted by Crippen LogP contribution is 2.16. The van der Waals surface area contributed by atoms with Crippen LogP contribution in [0.1, 0.15) is 0 Å². The van der Waals surface area contributed by atoms with Gasteiger partial charge in [0.05, 0.1) is 43.5 Å². The Kier molecular flexibility index (Phi) is 2.76. The van der Waals surface area contributed by atoms with Crippen LogP contribution in [0.15, 0.2) is 17.1 Å². The van der Waals surface area contributed by atoms with E-state index in [1.807, 2.05) is 5.01 Å². The summed E-state index contributed by atoms with van der Waals surface area (Å²) in [5.74, 6) is 0. The summed E-state index contributed by atoms with van der Waals surface area (Å²) >= 11 is 5.91. The molecule has 0 radical (unpaired) electrons. The number of nitrogens with zero attached hydrogens (tertiary/aromatic N) is 4. The Morgan fingerprint density at radius 2 is 2.06 bits per heavy atom.